The molecule has 7 nitrogen and oxygen atoms in total. The van der Waals surface area contributed by atoms with Gasteiger partial charge in [0.15, 0.2) is 0 Å². The number of likely N-dealkylation sites (tertiary alicyclic amines) is 1. The molecule has 1 atom stereocenters. The van der Waals surface area contributed by atoms with Gasteiger partial charge in [0.05, 0.1) is 23.2 Å². The van der Waals surface area contributed by atoms with Gasteiger partial charge in [0, 0.05) is 25.5 Å². The highest BCUT2D eigenvalue weighted by atomic mass is 16.2. The normalized spacial score (nSPS) is 16.0. The first kappa shape index (κ1) is 20.3. The van der Waals surface area contributed by atoms with Crippen molar-refractivity contribution in [3.8, 4) is 0 Å². The van der Waals surface area contributed by atoms with Crippen LogP contribution >= 0.6 is 0 Å². The number of hydrogen-bond donors (Lipinski definition) is 3. The molecule has 29 heavy (non-hydrogen) atoms. The molecule has 2 aromatic carbocycles. The third-order valence-corrected chi connectivity index (χ3v) is 4.98. The fourth-order valence-corrected chi connectivity index (χ4v) is 3.68. The summed E-state index contributed by atoms with van der Waals surface area (Å²) in [6.45, 7) is 6.17. The molecule has 1 aliphatic heterocycles. The van der Waals surface area contributed by atoms with Crippen LogP contribution in [0.4, 0.5) is 11.4 Å². The topological polar surface area (TPSA) is 92.9 Å². The van der Waals surface area contributed by atoms with Crippen LogP contribution in [0.1, 0.15) is 34.3 Å². The molecule has 1 saturated heterocycles. The number of nitrogens with zero attached hydrogens (tertiary/aromatic N) is 3. The highest BCUT2D eigenvalue weighted by Gasteiger charge is 2.30. The van der Waals surface area contributed by atoms with Gasteiger partial charge in [0.25, 0.3) is 5.91 Å². The smallest absolute Gasteiger partial charge is 0.256 e. The van der Waals surface area contributed by atoms with Crippen LogP contribution in [-0.2, 0) is 6.42 Å². The lowest BCUT2D eigenvalue weighted by Crippen LogP contribution is -2.37. The standard InChI is InChI=1S/C22H26N6O/c1-16-8-9-21(27-25-11-10-23)20(13-16)22(29)28-12-4-7-19(28)15-17-5-3-6-18(14-17)26-24-2/h3,5-6,8-11,13-14,19,23,26-27H,2,4,7,12,15H2,1H3/b23-10?,25-11-/t19-/m0/s1. The molecule has 0 aromatic heterocycles. The highest BCUT2D eigenvalue weighted by molar-refractivity contribution is 6.14. The quantitative estimate of drug-likeness (QED) is 0.471. The zero-order valence-corrected chi connectivity index (χ0v) is 16.6. The number of benzene rings is 2. The number of hydrogen-bond acceptors (Lipinski definition) is 6. The maximum Gasteiger partial charge on any atom is 0.256 e. The molecule has 7 heteroatoms. The van der Waals surface area contributed by atoms with E-state index in [0.29, 0.717) is 11.3 Å². The Kier molecular flexibility index (Phi) is 6.73. The summed E-state index contributed by atoms with van der Waals surface area (Å²) in [6.07, 6.45) is 5.18. The Labute approximate surface area is 171 Å². The van der Waals surface area contributed by atoms with Gasteiger partial charge in [-0.05, 0) is 56.0 Å². The van der Waals surface area contributed by atoms with Crippen molar-refractivity contribution in [1.82, 2.24) is 4.90 Å². The van der Waals surface area contributed by atoms with Gasteiger partial charge in [-0.15, -0.1) is 0 Å². The molecule has 0 bridgehead atoms. The van der Waals surface area contributed by atoms with E-state index in [0.717, 1.165) is 48.8 Å². The van der Waals surface area contributed by atoms with Crippen molar-refractivity contribution in [3.05, 3.63) is 59.2 Å². The number of aryl methyl sites for hydroxylation is 1. The molecule has 0 spiro atoms. The first-order valence-corrected chi connectivity index (χ1v) is 9.63. The lowest BCUT2D eigenvalue weighted by Gasteiger charge is -2.26. The van der Waals surface area contributed by atoms with Crippen LogP contribution in [0.15, 0.2) is 52.7 Å². The third kappa shape index (κ3) is 5.07. The van der Waals surface area contributed by atoms with E-state index in [1.54, 1.807) is 0 Å². The molecular weight excluding hydrogens is 364 g/mol. The van der Waals surface area contributed by atoms with E-state index in [4.69, 9.17) is 5.41 Å². The van der Waals surface area contributed by atoms with E-state index in [1.165, 1.54) is 6.21 Å². The van der Waals surface area contributed by atoms with E-state index >= 15 is 0 Å². The van der Waals surface area contributed by atoms with Gasteiger partial charge in [-0.25, -0.2) is 0 Å². The molecule has 150 valence electrons. The van der Waals surface area contributed by atoms with E-state index < -0.39 is 0 Å². The minimum Gasteiger partial charge on any atom is -0.335 e. The number of rotatable bonds is 8. The third-order valence-electron chi connectivity index (χ3n) is 4.98. The molecule has 0 saturated carbocycles. The molecular formula is C22H26N6O. The number of carbonyl (C=O) groups excluding carboxylic acids is 1. The lowest BCUT2D eigenvalue weighted by molar-refractivity contribution is 0.0737. The number of anilines is 2. The van der Waals surface area contributed by atoms with Gasteiger partial charge in [0.2, 0.25) is 0 Å². The zero-order chi connectivity index (χ0) is 20.6. The van der Waals surface area contributed by atoms with Crippen LogP contribution < -0.4 is 10.9 Å². The fourth-order valence-electron chi connectivity index (χ4n) is 3.68. The zero-order valence-electron chi connectivity index (χ0n) is 16.6. The molecule has 0 radical (unpaired) electrons. The maximum absolute atomic E-state index is 13.4. The van der Waals surface area contributed by atoms with Crippen LogP contribution in [-0.4, -0.2) is 42.5 Å². The molecule has 1 amide bonds. The predicted octanol–water partition coefficient (Wildman–Crippen LogP) is 3.92. The molecule has 0 unspecified atom stereocenters. The summed E-state index contributed by atoms with van der Waals surface area (Å²) in [4.78, 5) is 15.3. The van der Waals surface area contributed by atoms with E-state index in [1.807, 2.05) is 48.2 Å². The highest BCUT2D eigenvalue weighted by Crippen LogP contribution is 2.27. The molecule has 1 fully saturated rings. The van der Waals surface area contributed by atoms with Crippen molar-refractivity contribution >= 4 is 36.4 Å². The molecule has 1 aliphatic rings. The van der Waals surface area contributed by atoms with Gasteiger partial charge in [0.1, 0.15) is 0 Å². The van der Waals surface area contributed by atoms with E-state index in [-0.39, 0.29) is 11.9 Å². The first-order chi connectivity index (χ1) is 14.1. The van der Waals surface area contributed by atoms with Crippen LogP contribution in [0.25, 0.3) is 0 Å². The van der Waals surface area contributed by atoms with E-state index in [2.05, 4.69) is 33.8 Å². The number of carbonyl (C=O) groups is 1. The molecule has 2 aromatic rings. The van der Waals surface area contributed by atoms with Gasteiger partial charge < -0.3 is 10.3 Å². The summed E-state index contributed by atoms with van der Waals surface area (Å²) in [5.74, 6) is 0.00536. The van der Waals surface area contributed by atoms with Crippen molar-refractivity contribution in [3.63, 3.8) is 0 Å². The number of amides is 1. The van der Waals surface area contributed by atoms with Crippen molar-refractivity contribution in [2.45, 2.75) is 32.2 Å². The number of hydrazone groups is 2. The first-order valence-electron chi connectivity index (χ1n) is 9.63. The maximum atomic E-state index is 13.4. The summed E-state index contributed by atoms with van der Waals surface area (Å²) in [5.41, 5.74) is 10.1. The summed E-state index contributed by atoms with van der Waals surface area (Å²) >= 11 is 0. The lowest BCUT2D eigenvalue weighted by atomic mass is 10.0. The second-order valence-electron chi connectivity index (χ2n) is 7.07. The van der Waals surface area contributed by atoms with Crippen LogP contribution in [0.2, 0.25) is 0 Å². The van der Waals surface area contributed by atoms with Crippen molar-refractivity contribution < 1.29 is 4.79 Å². The Bertz CT molecular complexity index is 923. The fraction of sp³-hybridized carbons (Fsp3) is 0.273. The largest absolute Gasteiger partial charge is 0.335 e. The molecule has 3 N–H and O–H groups in total. The minimum atomic E-state index is 0.00536. The Morgan fingerprint density at radius 1 is 1.31 bits per heavy atom. The Balaban J connectivity index is 1.80. The van der Waals surface area contributed by atoms with Gasteiger partial charge >= 0.3 is 0 Å². The second kappa shape index (κ2) is 9.64. The Morgan fingerprint density at radius 3 is 2.97 bits per heavy atom. The monoisotopic (exact) mass is 390 g/mol. The summed E-state index contributed by atoms with van der Waals surface area (Å²) < 4.78 is 0. The van der Waals surface area contributed by atoms with Crippen LogP contribution in [0.3, 0.4) is 0 Å². The summed E-state index contributed by atoms with van der Waals surface area (Å²) in [6, 6.07) is 13.9. The van der Waals surface area contributed by atoms with E-state index in [9.17, 15) is 4.79 Å². The predicted molar refractivity (Wildman–Crippen MR) is 119 cm³/mol. The van der Waals surface area contributed by atoms with Crippen molar-refractivity contribution in [2.24, 2.45) is 10.2 Å². The minimum absolute atomic E-state index is 0.00536. The van der Waals surface area contributed by atoms with Gasteiger partial charge in [-0.3, -0.25) is 15.6 Å². The number of nitrogens with one attached hydrogen (secondary N) is 3. The Morgan fingerprint density at radius 2 is 2.17 bits per heavy atom. The SMILES string of the molecule is C=NNc1cccc(C[C@@H]2CCCN2C(=O)c2cc(C)ccc2N/N=C\C=N)c1. The Hall–Kier alpha value is -3.48. The van der Waals surface area contributed by atoms with Crippen molar-refractivity contribution in [1.29, 1.82) is 5.41 Å². The second-order valence-corrected chi connectivity index (χ2v) is 7.07. The summed E-state index contributed by atoms with van der Waals surface area (Å²) in [5, 5.41) is 14.7. The molecule has 0 aliphatic carbocycles. The van der Waals surface area contributed by atoms with Crippen molar-refractivity contribution in [2.75, 3.05) is 17.4 Å². The van der Waals surface area contributed by atoms with Crippen LogP contribution in [0.5, 0.6) is 0 Å². The average Bonchev–Trinajstić information content (AvgIpc) is 3.17. The summed E-state index contributed by atoms with van der Waals surface area (Å²) in [7, 11) is 0. The van der Waals surface area contributed by atoms with Gasteiger partial charge in [-0.1, -0.05) is 23.8 Å². The van der Waals surface area contributed by atoms with Crippen LogP contribution in [0, 0.1) is 12.3 Å². The average molecular weight is 390 g/mol. The molecule has 3 rings (SSSR count). The molecule has 1 heterocycles. The van der Waals surface area contributed by atoms with Gasteiger partial charge in [-0.2, -0.15) is 10.2 Å².